The van der Waals surface area contributed by atoms with Crippen LogP contribution in [0.2, 0.25) is 10.0 Å². The second kappa shape index (κ2) is 6.94. The molecule has 0 saturated heterocycles. The third-order valence-corrected chi connectivity index (χ3v) is 3.25. The fourth-order valence-electron chi connectivity index (χ4n) is 1.73. The van der Waals surface area contributed by atoms with Crippen molar-refractivity contribution < 1.29 is 4.42 Å². The van der Waals surface area contributed by atoms with Crippen molar-refractivity contribution in [2.75, 3.05) is 13.1 Å². The van der Waals surface area contributed by atoms with E-state index in [0.29, 0.717) is 21.7 Å². The molecule has 1 aromatic heterocycles. The second-order valence-electron chi connectivity index (χ2n) is 4.24. The van der Waals surface area contributed by atoms with Gasteiger partial charge in [0, 0.05) is 23.6 Å². The van der Waals surface area contributed by atoms with Crippen LogP contribution in [0.5, 0.6) is 0 Å². The molecule has 2 rings (SSSR count). The number of rotatable bonds is 6. The molecule has 102 valence electrons. The van der Waals surface area contributed by atoms with Crippen LogP contribution in [0, 0.1) is 0 Å². The summed E-state index contributed by atoms with van der Waals surface area (Å²) in [5.74, 6) is 1.35. The summed E-state index contributed by atoms with van der Waals surface area (Å²) in [6, 6.07) is 5.28. The zero-order chi connectivity index (χ0) is 13.7. The first kappa shape index (κ1) is 14.4. The maximum atomic E-state index is 6.13. The maximum absolute atomic E-state index is 6.13. The third-order valence-electron chi connectivity index (χ3n) is 2.69. The van der Waals surface area contributed by atoms with Crippen LogP contribution in [0.3, 0.4) is 0 Å². The topological polar surface area (TPSA) is 38.1 Å². The lowest BCUT2D eigenvalue weighted by atomic mass is 10.2. The molecular formula is C14H16Cl2N2O. The molecule has 1 heterocycles. The van der Waals surface area contributed by atoms with E-state index in [0.717, 1.165) is 31.5 Å². The van der Waals surface area contributed by atoms with Crippen LogP contribution in [0.1, 0.15) is 19.2 Å². The van der Waals surface area contributed by atoms with Crippen LogP contribution in [0.25, 0.3) is 11.3 Å². The van der Waals surface area contributed by atoms with Crippen molar-refractivity contribution in [3.63, 3.8) is 0 Å². The highest BCUT2D eigenvalue weighted by molar-refractivity contribution is 6.35. The Morgan fingerprint density at radius 2 is 2.11 bits per heavy atom. The van der Waals surface area contributed by atoms with Crippen LogP contribution >= 0.6 is 23.2 Å². The summed E-state index contributed by atoms with van der Waals surface area (Å²) in [6.07, 6.45) is 3.57. The number of halogens is 2. The molecule has 0 aliphatic carbocycles. The summed E-state index contributed by atoms with van der Waals surface area (Å²) >= 11 is 12.1. The normalized spacial score (nSPS) is 10.9. The Morgan fingerprint density at radius 3 is 2.89 bits per heavy atom. The first-order valence-corrected chi connectivity index (χ1v) is 7.07. The van der Waals surface area contributed by atoms with E-state index in [1.165, 1.54) is 0 Å². The van der Waals surface area contributed by atoms with Gasteiger partial charge in [-0.25, -0.2) is 4.98 Å². The van der Waals surface area contributed by atoms with E-state index in [9.17, 15) is 0 Å². The fourth-order valence-corrected chi connectivity index (χ4v) is 2.12. The minimum Gasteiger partial charge on any atom is -0.441 e. The molecule has 0 fully saturated rings. The smallest absolute Gasteiger partial charge is 0.196 e. The summed E-state index contributed by atoms with van der Waals surface area (Å²) < 4.78 is 5.69. The van der Waals surface area contributed by atoms with Crippen molar-refractivity contribution in [2.45, 2.75) is 19.8 Å². The van der Waals surface area contributed by atoms with Crippen LogP contribution in [0.4, 0.5) is 0 Å². The Hall–Kier alpha value is -1.03. The van der Waals surface area contributed by atoms with Gasteiger partial charge in [0.2, 0.25) is 0 Å². The van der Waals surface area contributed by atoms with Gasteiger partial charge in [-0.3, -0.25) is 0 Å². The molecular weight excluding hydrogens is 283 g/mol. The van der Waals surface area contributed by atoms with Gasteiger partial charge in [0.15, 0.2) is 11.7 Å². The first-order chi connectivity index (χ1) is 9.20. The van der Waals surface area contributed by atoms with Gasteiger partial charge >= 0.3 is 0 Å². The van der Waals surface area contributed by atoms with E-state index >= 15 is 0 Å². The zero-order valence-electron chi connectivity index (χ0n) is 10.7. The van der Waals surface area contributed by atoms with Crippen molar-refractivity contribution >= 4 is 23.2 Å². The van der Waals surface area contributed by atoms with Crippen molar-refractivity contribution in [2.24, 2.45) is 0 Å². The molecule has 0 amide bonds. The van der Waals surface area contributed by atoms with Gasteiger partial charge in [-0.2, -0.15) is 0 Å². The molecule has 5 heteroatoms. The minimum absolute atomic E-state index is 0.608. The quantitative estimate of drug-likeness (QED) is 0.813. The predicted octanol–water partition coefficient (Wildman–Crippen LogP) is 4.19. The summed E-state index contributed by atoms with van der Waals surface area (Å²) in [5.41, 5.74) is 0.773. The summed E-state index contributed by atoms with van der Waals surface area (Å²) in [6.45, 7) is 4.00. The lowest BCUT2D eigenvalue weighted by molar-refractivity contribution is 0.495. The van der Waals surface area contributed by atoms with Gasteiger partial charge in [-0.05, 0) is 31.2 Å². The lowest BCUT2D eigenvalue weighted by Gasteiger charge is -2.01. The van der Waals surface area contributed by atoms with Gasteiger partial charge in [-0.1, -0.05) is 30.1 Å². The predicted molar refractivity (Wildman–Crippen MR) is 78.8 cm³/mol. The standard InChI is InChI=1S/C14H16Cl2N2O/c1-2-6-17-7-5-14-18-9-13(19-14)11-8-10(15)3-4-12(11)16/h3-4,8-9,17H,2,5-7H2,1H3. The second-order valence-corrected chi connectivity index (χ2v) is 5.09. The Morgan fingerprint density at radius 1 is 1.26 bits per heavy atom. The summed E-state index contributed by atoms with van der Waals surface area (Å²) in [5, 5.41) is 4.54. The van der Waals surface area contributed by atoms with Gasteiger partial charge < -0.3 is 9.73 Å². The number of benzene rings is 1. The van der Waals surface area contributed by atoms with Gasteiger partial charge in [-0.15, -0.1) is 0 Å². The fraction of sp³-hybridized carbons (Fsp3) is 0.357. The molecule has 19 heavy (non-hydrogen) atoms. The Kier molecular flexibility index (Phi) is 5.25. The molecule has 1 aromatic carbocycles. The van der Waals surface area contributed by atoms with E-state index in [-0.39, 0.29) is 0 Å². The molecule has 0 aliphatic heterocycles. The Balaban J connectivity index is 2.06. The van der Waals surface area contributed by atoms with Crippen LogP contribution in [0.15, 0.2) is 28.8 Å². The highest BCUT2D eigenvalue weighted by atomic mass is 35.5. The summed E-state index contributed by atoms with van der Waals surface area (Å²) in [7, 11) is 0. The molecule has 1 N–H and O–H groups in total. The first-order valence-electron chi connectivity index (χ1n) is 6.31. The average Bonchev–Trinajstić information content (AvgIpc) is 2.86. The van der Waals surface area contributed by atoms with E-state index in [1.807, 2.05) is 0 Å². The van der Waals surface area contributed by atoms with E-state index in [4.69, 9.17) is 27.6 Å². The largest absolute Gasteiger partial charge is 0.441 e. The lowest BCUT2D eigenvalue weighted by Crippen LogP contribution is -2.17. The molecule has 0 aliphatic rings. The highest BCUT2D eigenvalue weighted by Crippen LogP contribution is 2.30. The number of oxazole rings is 1. The van der Waals surface area contributed by atoms with E-state index in [1.54, 1.807) is 24.4 Å². The molecule has 0 bridgehead atoms. The number of hydrogen-bond donors (Lipinski definition) is 1. The third kappa shape index (κ3) is 3.96. The Labute approximate surface area is 122 Å². The minimum atomic E-state index is 0.608. The molecule has 2 aromatic rings. The number of hydrogen-bond acceptors (Lipinski definition) is 3. The van der Waals surface area contributed by atoms with Gasteiger partial charge in [0.25, 0.3) is 0 Å². The molecule has 0 unspecified atom stereocenters. The molecule has 0 saturated carbocycles. The molecule has 0 spiro atoms. The van der Waals surface area contributed by atoms with Crippen molar-refractivity contribution in [3.05, 3.63) is 40.3 Å². The van der Waals surface area contributed by atoms with Crippen molar-refractivity contribution in [1.82, 2.24) is 10.3 Å². The van der Waals surface area contributed by atoms with E-state index in [2.05, 4.69) is 17.2 Å². The molecule has 0 radical (unpaired) electrons. The van der Waals surface area contributed by atoms with Crippen LogP contribution < -0.4 is 5.32 Å². The SMILES string of the molecule is CCCNCCc1ncc(-c2cc(Cl)ccc2Cl)o1. The van der Waals surface area contributed by atoms with Crippen molar-refractivity contribution in [1.29, 1.82) is 0 Å². The molecule has 3 nitrogen and oxygen atoms in total. The maximum Gasteiger partial charge on any atom is 0.196 e. The monoisotopic (exact) mass is 298 g/mol. The van der Waals surface area contributed by atoms with Crippen LogP contribution in [-0.2, 0) is 6.42 Å². The molecule has 0 atom stereocenters. The number of nitrogens with zero attached hydrogens (tertiary/aromatic N) is 1. The van der Waals surface area contributed by atoms with Crippen molar-refractivity contribution in [3.8, 4) is 11.3 Å². The highest BCUT2D eigenvalue weighted by Gasteiger charge is 2.10. The van der Waals surface area contributed by atoms with Gasteiger partial charge in [0.05, 0.1) is 11.2 Å². The van der Waals surface area contributed by atoms with Crippen LogP contribution in [-0.4, -0.2) is 18.1 Å². The Bertz CT molecular complexity index is 540. The summed E-state index contributed by atoms with van der Waals surface area (Å²) in [4.78, 5) is 4.25. The number of aromatic nitrogens is 1. The van der Waals surface area contributed by atoms with E-state index < -0.39 is 0 Å². The zero-order valence-corrected chi connectivity index (χ0v) is 12.3. The van der Waals surface area contributed by atoms with Gasteiger partial charge in [0.1, 0.15) is 0 Å². The average molecular weight is 299 g/mol. The number of nitrogens with one attached hydrogen (secondary N) is 1.